The second-order valence-corrected chi connectivity index (χ2v) is 2.80. The summed E-state index contributed by atoms with van der Waals surface area (Å²) in [5.41, 5.74) is 0. The molecule has 0 aromatic carbocycles. The van der Waals surface area contributed by atoms with Crippen molar-refractivity contribution >= 4 is 0 Å². The third kappa shape index (κ3) is 5.00. The van der Waals surface area contributed by atoms with E-state index in [1.54, 1.807) is 6.08 Å². The van der Waals surface area contributed by atoms with Crippen LogP contribution in [0.4, 0.5) is 0 Å². The van der Waals surface area contributed by atoms with Crippen molar-refractivity contribution in [1.29, 1.82) is 0 Å². The van der Waals surface area contributed by atoms with Crippen molar-refractivity contribution in [2.45, 2.75) is 12.5 Å². The molecule has 0 rings (SSSR count). The quantitative estimate of drug-likeness (QED) is 0.453. The summed E-state index contributed by atoms with van der Waals surface area (Å²) in [4.78, 5) is 0. The van der Waals surface area contributed by atoms with Crippen LogP contribution in [0.2, 0.25) is 0 Å². The van der Waals surface area contributed by atoms with E-state index in [1.165, 1.54) is 0 Å². The predicted molar refractivity (Wildman–Crippen MR) is 49.3 cm³/mol. The lowest BCUT2D eigenvalue weighted by Gasteiger charge is -2.22. The van der Waals surface area contributed by atoms with Gasteiger partial charge in [0.2, 0.25) is 0 Å². The molecule has 0 aliphatic carbocycles. The maximum atomic E-state index is 8.93. The van der Waals surface area contributed by atoms with Gasteiger partial charge in [-0.15, -0.1) is 6.58 Å². The maximum Gasteiger partial charge on any atom is 0.0860 e. The number of hydrogen-bond acceptors (Lipinski definition) is 4. The van der Waals surface area contributed by atoms with Gasteiger partial charge < -0.3 is 20.1 Å². The standard InChI is InChI=1S/C9H18O4/c1-2-5-13-9(7-12)8(6-11)3-4-10/h2,8-12H,1,3-7H2. The Hall–Kier alpha value is -0.420. The molecule has 0 radical (unpaired) electrons. The van der Waals surface area contributed by atoms with E-state index in [4.69, 9.17) is 20.1 Å². The molecule has 0 saturated heterocycles. The van der Waals surface area contributed by atoms with Gasteiger partial charge in [-0.05, 0) is 6.42 Å². The topological polar surface area (TPSA) is 69.9 Å². The van der Waals surface area contributed by atoms with Crippen LogP contribution in [-0.2, 0) is 4.74 Å². The molecule has 0 bridgehead atoms. The third-order valence-electron chi connectivity index (χ3n) is 1.87. The van der Waals surface area contributed by atoms with Gasteiger partial charge in [0.05, 0.1) is 19.3 Å². The molecular weight excluding hydrogens is 172 g/mol. The van der Waals surface area contributed by atoms with Crippen LogP contribution in [-0.4, -0.2) is 47.9 Å². The molecule has 0 aromatic heterocycles. The van der Waals surface area contributed by atoms with E-state index in [0.717, 1.165) is 0 Å². The first-order valence-corrected chi connectivity index (χ1v) is 4.35. The Bertz CT molecular complexity index is 127. The number of rotatable bonds is 8. The highest BCUT2D eigenvalue weighted by atomic mass is 16.5. The van der Waals surface area contributed by atoms with Gasteiger partial charge >= 0.3 is 0 Å². The van der Waals surface area contributed by atoms with Crippen LogP contribution in [0.3, 0.4) is 0 Å². The molecule has 4 nitrogen and oxygen atoms in total. The minimum atomic E-state index is -0.421. The van der Waals surface area contributed by atoms with E-state index in [-0.39, 0.29) is 25.7 Å². The van der Waals surface area contributed by atoms with Crippen molar-refractivity contribution in [3.05, 3.63) is 12.7 Å². The summed E-state index contributed by atoms with van der Waals surface area (Å²) in [6.45, 7) is 3.56. The van der Waals surface area contributed by atoms with E-state index in [9.17, 15) is 0 Å². The lowest BCUT2D eigenvalue weighted by atomic mass is 10.0. The Labute approximate surface area is 78.5 Å². The van der Waals surface area contributed by atoms with Crippen molar-refractivity contribution < 1.29 is 20.1 Å². The van der Waals surface area contributed by atoms with Crippen molar-refractivity contribution in [3.8, 4) is 0 Å². The average molecular weight is 190 g/mol. The molecule has 0 heterocycles. The summed E-state index contributed by atoms with van der Waals surface area (Å²) in [7, 11) is 0. The van der Waals surface area contributed by atoms with Gasteiger partial charge in [0.25, 0.3) is 0 Å². The summed E-state index contributed by atoms with van der Waals surface area (Å²) in [5.74, 6) is -0.213. The number of aliphatic hydroxyl groups is 3. The van der Waals surface area contributed by atoms with Gasteiger partial charge in [0.15, 0.2) is 0 Å². The number of ether oxygens (including phenoxy) is 1. The average Bonchev–Trinajstić information content (AvgIpc) is 2.17. The molecule has 3 N–H and O–H groups in total. The summed E-state index contributed by atoms with van der Waals surface area (Å²) >= 11 is 0. The fraction of sp³-hybridized carbons (Fsp3) is 0.778. The van der Waals surface area contributed by atoms with Crippen LogP contribution in [0.15, 0.2) is 12.7 Å². The summed E-state index contributed by atoms with van der Waals surface area (Å²) in [6.07, 6.45) is 1.59. The van der Waals surface area contributed by atoms with Crippen LogP contribution in [0, 0.1) is 5.92 Å². The minimum Gasteiger partial charge on any atom is -0.396 e. The molecule has 4 heteroatoms. The second-order valence-electron chi connectivity index (χ2n) is 2.80. The Morgan fingerprint density at radius 1 is 1.23 bits per heavy atom. The predicted octanol–water partition coefficient (Wildman–Crippen LogP) is -0.459. The highest BCUT2D eigenvalue weighted by molar-refractivity contribution is 4.72. The third-order valence-corrected chi connectivity index (χ3v) is 1.87. The van der Waals surface area contributed by atoms with Crippen molar-refractivity contribution in [3.63, 3.8) is 0 Å². The van der Waals surface area contributed by atoms with Gasteiger partial charge in [-0.3, -0.25) is 0 Å². The molecule has 78 valence electrons. The summed E-state index contributed by atoms with van der Waals surface area (Å²) < 4.78 is 5.21. The molecule has 2 atom stereocenters. The molecular formula is C9H18O4. The molecule has 0 saturated carbocycles. The molecule has 2 unspecified atom stereocenters. The van der Waals surface area contributed by atoms with Gasteiger partial charge in [-0.1, -0.05) is 6.08 Å². The van der Waals surface area contributed by atoms with Crippen molar-refractivity contribution in [2.24, 2.45) is 5.92 Å². The minimum absolute atomic E-state index is 0.0147. The highest BCUT2D eigenvalue weighted by Gasteiger charge is 2.19. The lowest BCUT2D eigenvalue weighted by Crippen LogP contribution is -2.31. The molecule has 0 aliphatic rings. The van der Waals surface area contributed by atoms with Gasteiger partial charge in [-0.2, -0.15) is 0 Å². The number of aliphatic hydroxyl groups excluding tert-OH is 3. The van der Waals surface area contributed by atoms with E-state index >= 15 is 0 Å². The van der Waals surface area contributed by atoms with Crippen LogP contribution in [0.5, 0.6) is 0 Å². The van der Waals surface area contributed by atoms with E-state index in [1.807, 2.05) is 0 Å². The van der Waals surface area contributed by atoms with Crippen LogP contribution >= 0.6 is 0 Å². The van der Waals surface area contributed by atoms with Crippen LogP contribution < -0.4 is 0 Å². The zero-order valence-electron chi connectivity index (χ0n) is 7.72. The molecule has 0 fully saturated rings. The fourth-order valence-corrected chi connectivity index (χ4v) is 1.09. The fourth-order valence-electron chi connectivity index (χ4n) is 1.09. The van der Waals surface area contributed by atoms with E-state index in [0.29, 0.717) is 13.0 Å². The molecule has 0 aliphatic heterocycles. The number of hydrogen-bond donors (Lipinski definition) is 3. The Balaban J connectivity index is 3.91. The highest BCUT2D eigenvalue weighted by Crippen LogP contribution is 2.11. The largest absolute Gasteiger partial charge is 0.396 e. The van der Waals surface area contributed by atoms with E-state index in [2.05, 4.69) is 6.58 Å². The Morgan fingerprint density at radius 3 is 2.31 bits per heavy atom. The molecule has 0 aromatic rings. The van der Waals surface area contributed by atoms with Crippen LogP contribution in [0.25, 0.3) is 0 Å². The van der Waals surface area contributed by atoms with Gasteiger partial charge in [0, 0.05) is 19.1 Å². The lowest BCUT2D eigenvalue weighted by molar-refractivity contribution is -0.0326. The SMILES string of the molecule is C=CCOC(CO)C(CO)CCO. The monoisotopic (exact) mass is 190 g/mol. The zero-order valence-corrected chi connectivity index (χ0v) is 7.72. The molecule has 0 amide bonds. The smallest absolute Gasteiger partial charge is 0.0860 e. The maximum absolute atomic E-state index is 8.93. The Morgan fingerprint density at radius 2 is 1.92 bits per heavy atom. The normalized spacial score (nSPS) is 15.3. The zero-order chi connectivity index (χ0) is 10.1. The molecule has 13 heavy (non-hydrogen) atoms. The first-order chi connectivity index (χ1) is 6.29. The summed E-state index contributed by atoms with van der Waals surface area (Å²) in [5, 5.41) is 26.5. The molecule has 0 spiro atoms. The van der Waals surface area contributed by atoms with Gasteiger partial charge in [-0.25, -0.2) is 0 Å². The van der Waals surface area contributed by atoms with Crippen LogP contribution in [0.1, 0.15) is 6.42 Å². The van der Waals surface area contributed by atoms with Gasteiger partial charge in [0.1, 0.15) is 0 Å². The Kier molecular flexibility index (Phi) is 7.93. The first-order valence-electron chi connectivity index (χ1n) is 4.35. The van der Waals surface area contributed by atoms with E-state index < -0.39 is 6.10 Å². The summed E-state index contributed by atoms with van der Waals surface area (Å²) in [6, 6.07) is 0. The van der Waals surface area contributed by atoms with Crippen molar-refractivity contribution in [1.82, 2.24) is 0 Å². The second kappa shape index (κ2) is 8.19. The van der Waals surface area contributed by atoms with Crippen molar-refractivity contribution in [2.75, 3.05) is 26.4 Å². The first kappa shape index (κ1) is 12.6.